The molecule has 1 amide bonds. The first kappa shape index (κ1) is 14.4. The second kappa shape index (κ2) is 7.69. The zero-order valence-electron chi connectivity index (χ0n) is 10.5. The van der Waals surface area contributed by atoms with Crippen LogP contribution < -0.4 is 0 Å². The summed E-state index contributed by atoms with van der Waals surface area (Å²) in [4.78, 5) is 14.0. The Bertz CT molecular complexity index is 176. The lowest BCUT2D eigenvalue weighted by molar-refractivity contribution is -0.137. The van der Waals surface area contributed by atoms with Crippen molar-refractivity contribution < 1.29 is 9.90 Å². The first-order valence-corrected chi connectivity index (χ1v) is 5.99. The third-order valence-electron chi connectivity index (χ3n) is 2.80. The molecule has 0 spiro atoms. The van der Waals surface area contributed by atoms with Crippen LogP contribution in [0.2, 0.25) is 0 Å². The van der Waals surface area contributed by atoms with E-state index in [0.29, 0.717) is 13.0 Å². The maximum Gasteiger partial charge on any atom is 0.225 e. The third kappa shape index (κ3) is 4.65. The van der Waals surface area contributed by atoms with E-state index >= 15 is 0 Å². The maximum atomic E-state index is 12.1. The molecule has 0 aliphatic heterocycles. The van der Waals surface area contributed by atoms with Crippen LogP contribution in [-0.4, -0.2) is 35.1 Å². The summed E-state index contributed by atoms with van der Waals surface area (Å²) in [5.41, 5.74) is 0. The molecule has 0 aliphatic carbocycles. The fourth-order valence-corrected chi connectivity index (χ4v) is 1.74. The molecule has 0 bridgehead atoms. The Labute approximate surface area is 93.5 Å². The molecule has 15 heavy (non-hydrogen) atoms. The minimum atomic E-state index is 0.145. The molecule has 0 fully saturated rings. The van der Waals surface area contributed by atoms with Crippen molar-refractivity contribution in [3.05, 3.63) is 0 Å². The lowest BCUT2D eigenvalue weighted by atomic mass is 10.0. The minimum absolute atomic E-state index is 0.145. The van der Waals surface area contributed by atoms with Crippen molar-refractivity contribution in [3.8, 4) is 0 Å². The van der Waals surface area contributed by atoms with Gasteiger partial charge in [-0.15, -0.1) is 0 Å². The summed E-state index contributed by atoms with van der Waals surface area (Å²) in [7, 11) is 0. The highest BCUT2D eigenvalue weighted by Gasteiger charge is 2.22. The molecule has 0 aromatic heterocycles. The van der Waals surface area contributed by atoms with Gasteiger partial charge in [-0.1, -0.05) is 13.8 Å². The highest BCUT2D eigenvalue weighted by Crippen LogP contribution is 2.14. The summed E-state index contributed by atoms with van der Waals surface area (Å²) in [5, 5.41) is 8.79. The van der Waals surface area contributed by atoms with Gasteiger partial charge in [-0.3, -0.25) is 4.79 Å². The molecule has 0 aromatic rings. The quantitative estimate of drug-likeness (QED) is 0.706. The van der Waals surface area contributed by atoms with Crippen LogP contribution in [0.4, 0.5) is 0 Å². The lowest BCUT2D eigenvalue weighted by Gasteiger charge is -2.30. The van der Waals surface area contributed by atoms with E-state index in [4.69, 9.17) is 5.11 Å². The molecule has 90 valence electrons. The summed E-state index contributed by atoms with van der Waals surface area (Å²) in [6.45, 7) is 8.98. The number of rotatable bonds is 7. The van der Waals surface area contributed by atoms with Crippen LogP contribution >= 0.6 is 0 Å². The van der Waals surface area contributed by atoms with Gasteiger partial charge in [-0.05, 0) is 33.1 Å². The molecule has 0 saturated heterocycles. The molecule has 0 radical (unpaired) electrons. The molecule has 0 unspecified atom stereocenters. The van der Waals surface area contributed by atoms with Gasteiger partial charge in [0.2, 0.25) is 5.91 Å². The van der Waals surface area contributed by atoms with Gasteiger partial charge in [0.05, 0.1) is 0 Å². The van der Waals surface area contributed by atoms with E-state index in [1.165, 1.54) is 0 Å². The maximum absolute atomic E-state index is 12.1. The fourth-order valence-electron chi connectivity index (χ4n) is 1.74. The molecule has 1 N–H and O–H groups in total. The Hall–Kier alpha value is -0.570. The molecule has 0 aliphatic rings. The van der Waals surface area contributed by atoms with E-state index < -0.39 is 0 Å². The number of nitrogens with zero attached hydrogens (tertiary/aromatic N) is 1. The van der Waals surface area contributed by atoms with E-state index in [0.717, 1.165) is 12.8 Å². The molecule has 0 atom stereocenters. The molecule has 3 heteroatoms. The van der Waals surface area contributed by atoms with Gasteiger partial charge in [-0.2, -0.15) is 0 Å². The van der Waals surface area contributed by atoms with Crippen LogP contribution in [0.1, 0.15) is 47.0 Å². The predicted molar refractivity (Wildman–Crippen MR) is 62.6 cm³/mol. The molecule has 0 saturated carbocycles. The van der Waals surface area contributed by atoms with E-state index in [2.05, 4.69) is 13.8 Å². The first-order chi connectivity index (χ1) is 7.08. The number of hydrogen-bond donors (Lipinski definition) is 1. The van der Waals surface area contributed by atoms with Gasteiger partial charge in [0.15, 0.2) is 0 Å². The van der Waals surface area contributed by atoms with Crippen molar-refractivity contribution in [1.82, 2.24) is 4.90 Å². The normalized spacial score (nSPS) is 11.1. The van der Waals surface area contributed by atoms with Crippen LogP contribution in [0.3, 0.4) is 0 Å². The highest BCUT2D eigenvalue weighted by atomic mass is 16.3. The van der Waals surface area contributed by atoms with Crippen LogP contribution in [0, 0.1) is 5.92 Å². The monoisotopic (exact) mass is 215 g/mol. The second-order valence-electron chi connectivity index (χ2n) is 4.22. The Morgan fingerprint density at radius 2 is 1.80 bits per heavy atom. The van der Waals surface area contributed by atoms with Gasteiger partial charge >= 0.3 is 0 Å². The molecular weight excluding hydrogens is 190 g/mol. The fraction of sp³-hybridized carbons (Fsp3) is 0.917. The van der Waals surface area contributed by atoms with E-state index in [1.807, 2.05) is 18.7 Å². The molecule has 0 rings (SSSR count). The predicted octanol–water partition coefficient (Wildman–Crippen LogP) is 2.04. The molecular formula is C12H25NO2. The number of aliphatic hydroxyl groups is 1. The van der Waals surface area contributed by atoms with Crippen molar-refractivity contribution in [2.75, 3.05) is 13.2 Å². The van der Waals surface area contributed by atoms with Gasteiger partial charge < -0.3 is 10.0 Å². The minimum Gasteiger partial charge on any atom is -0.396 e. The average molecular weight is 215 g/mol. The summed E-state index contributed by atoms with van der Waals surface area (Å²) >= 11 is 0. The zero-order valence-corrected chi connectivity index (χ0v) is 10.5. The summed E-state index contributed by atoms with van der Waals surface area (Å²) in [6, 6.07) is 0.227. The van der Waals surface area contributed by atoms with Crippen molar-refractivity contribution >= 4 is 5.91 Å². The van der Waals surface area contributed by atoms with E-state index in [1.54, 1.807) is 0 Å². The molecule has 0 aromatic carbocycles. The van der Waals surface area contributed by atoms with Gasteiger partial charge in [0, 0.05) is 25.1 Å². The summed E-state index contributed by atoms with van der Waals surface area (Å²) in [5.74, 6) is 0.384. The Morgan fingerprint density at radius 3 is 2.13 bits per heavy atom. The van der Waals surface area contributed by atoms with E-state index in [9.17, 15) is 4.79 Å². The van der Waals surface area contributed by atoms with Crippen molar-refractivity contribution in [2.24, 2.45) is 5.92 Å². The second-order valence-corrected chi connectivity index (χ2v) is 4.22. The van der Waals surface area contributed by atoms with Crippen LogP contribution in [0.15, 0.2) is 0 Å². The molecule has 3 nitrogen and oxygen atoms in total. The Balaban J connectivity index is 4.39. The van der Waals surface area contributed by atoms with Crippen LogP contribution in [-0.2, 0) is 4.79 Å². The highest BCUT2D eigenvalue weighted by molar-refractivity contribution is 5.79. The Kier molecular flexibility index (Phi) is 7.39. The number of aliphatic hydroxyl groups excluding tert-OH is 1. The van der Waals surface area contributed by atoms with Crippen molar-refractivity contribution in [2.45, 2.75) is 53.0 Å². The summed E-state index contributed by atoms with van der Waals surface area (Å²) in [6.07, 6.45) is 2.47. The number of carbonyl (C=O) groups excluding carboxylic acids is 1. The number of amides is 1. The van der Waals surface area contributed by atoms with Crippen LogP contribution in [0.25, 0.3) is 0 Å². The average Bonchev–Trinajstić information content (AvgIpc) is 2.19. The van der Waals surface area contributed by atoms with Crippen molar-refractivity contribution in [1.29, 1.82) is 0 Å². The third-order valence-corrected chi connectivity index (χ3v) is 2.80. The van der Waals surface area contributed by atoms with Gasteiger partial charge in [-0.25, -0.2) is 0 Å². The van der Waals surface area contributed by atoms with Gasteiger partial charge in [0.1, 0.15) is 0 Å². The van der Waals surface area contributed by atoms with Crippen LogP contribution in [0.5, 0.6) is 0 Å². The zero-order chi connectivity index (χ0) is 11.8. The Morgan fingerprint density at radius 1 is 1.27 bits per heavy atom. The SMILES string of the molecule is CCC(CC)C(=O)N(CCCO)C(C)C. The molecule has 0 heterocycles. The number of carbonyl (C=O) groups is 1. The smallest absolute Gasteiger partial charge is 0.225 e. The first-order valence-electron chi connectivity index (χ1n) is 5.99. The van der Waals surface area contributed by atoms with Gasteiger partial charge in [0.25, 0.3) is 0 Å². The lowest BCUT2D eigenvalue weighted by Crippen LogP contribution is -2.41. The summed E-state index contributed by atoms with van der Waals surface area (Å²) < 4.78 is 0. The van der Waals surface area contributed by atoms with E-state index in [-0.39, 0.29) is 24.5 Å². The van der Waals surface area contributed by atoms with Crippen molar-refractivity contribution in [3.63, 3.8) is 0 Å². The largest absolute Gasteiger partial charge is 0.396 e. The standard InChI is InChI=1S/C12H25NO2/c1-5-11(6-2)12(15)13(10(3)4)8-7-9-14/h10-11,14H,5-9H2,1-4H3. The number of hydrogen-bond acceptors (Lipinski definition) is 2. The topological polar surface area (TPSA) is 40.5 Å².